The van der Waals surface area contributed by atoms with Crippen molar-refractivity contribution in [1.82, 2.24) is 4.98 Å². The molecule has 0 bridgehead atoms. The van der Waals surface area contributed by atoms with Crippen molar-refractivity contribution in [2.75, 3.05) is 12.3 Å². The van der Waals surface area contributed by atoms with Gasteiger partial charge in [-0.1, -0.05) is 6.07 Å². The number of rotatable bonds is 4. The normalized spacial score (nSPS) is 10.3. The SMILES string of the molecule is Cc1cc(OCCc2cccnc2)c(C)cc1N. The molecule has 1 heterocycles. The third-order valence-electron chi connectivity index (χ3n) is 2.93. The monoisotopic (exact) mass is 242 g/mol. The molecule has 0 unspecified atom stereocenters. The standard InChI is InChI=1S/C15H18N2O/c1-11-9-15(12(2)8-14(11)16)18-7-5-13-4-3-6-17-10-13/h3-4,6,8-10H,5,7,16H2,1-2H3. The van der Waals surface area contributed by atoms with Gasteiger partial charge in [-0.05, 0) is 48.7 Å². The van der Waals surface area contributed by atoms with E-state index in [-0.39, 0.29) is 0 Å². The van der Waals surface area contributed by atoms with Crippen molar-refractivity contribution in [3.63, 3.8) is 0 Å². The van der Waals surface area contributed by atoms with Crippen molar-refractivity contribution in [3.8, 4) is 5.75 Å². The molecule has 94 valence electrons. The first kappa shape index (κ1) is 12.4. The molecule has 0 saturated heterocycles. The van der Waals surface area contributed by atoms with Crippen LogP contribution in [0.1, 0.15) is 16.7 Å². The number of anilines is 1. The molecule has 3 heteroatoms. The number of hydrogen-bond donors (Lipinski definition) is 1. The Bertz CT molecular complexity index is 524. The Morgan fingerprint density at radius 2 is 2.06 bits per heavy atom. The van der Waals surface area contributed by atoms with E-state index in [0.717, 1.165) is 29.0 Å². The van der Waals surface area contributed by atoms with Crippen LogP contribution in [-0.2, 0) is 6.42 Å². The molecule has 0 aliphatic rings. The zero-order valence-corrected chi connectivity index (χ0v) is 10.8. The number of ether oxygens (including phenoxy) is 1. The van der Waals surface area contributed by atoms with E-state index >= 15 is 0 Å². The summed E-state index contributed by atoms with van der Waals surface area (Å²) in [5.41, 5.74) is 9.97. The van der Waals surface area contributed by atoms with Crippen molar-refractivity contribution in [2.24, 2.45) is 0 Å². The van der Waals surface area contributed by atoms with Gasteiger partial charge in [-0.25, -0.2) is 0 Å². The molecule has 1 aromatic heterocycles. The topological polar surface area (TPSA) is 48.1 Å². The van der Waals surface area contributed by atoms with Crippen LogP contribution in [0.4, 0.5) is 5.69 Å². The molecule has 0 amide bonds. The number of nitrogens with zero attached hydrogens (tertiary/aromatic N) is 1. The van der Waals surface area contributed by atoms with Gasteiger partial charge in [0.05, 0.1) is 6.61 Å². The lowest BCUT2D eigenvalue weighted by Crippen LogP contribution is -2.03. The molecule has 0 aliphatic heterocycles. The van der Waals surface area contributed by atoms with Crippen molar-refractivity contribution in [1.29, 1.82) is 0 Å². The molecule has 2 aromatic rings. The molecule has 3 nitrogen and oxygen atoms in total. The number of benzene rings is 1. The Morgan fingerprint density at radius 1 is 1.22 bits per heavy atom. The minimum atomic E-state index is 0.649. The van der Waals surface area contributed by atoms with Crippen molar-refractivity contribution in [2.45, 2.75) is 20.3 Å². The Labute approximate surface area is 108 Å². The molecule has 0 saturated carbocycles. The lowest BCUT2D eigenvalue weighted by molar-refractivity contribution is 0.319. The maximum absolute atomic E-state index is 5.85. The number of pyridine rings is 1. The molecule has 0 radical (unpaired) electrons. The van der Waals surface area contributed by atoms with E-state index < -0.39 is 0 Å². The Morgan fingerprint density at radius 3 is 2.78 bits per heavy atom. The summed E-state index contributed by atoms with van der Waals surface area (Å²) in [5.74, 6) is 0.908. The van der Waals surface area contributed by atoms with E-state index in [9.17, 15) is 0 Å². The maximum atomic E-state index is 5.85. The van der Waals surface area contributed by atoms with Crippen molar-refractivity contribution >= 4 is 5.69 Å². The third-order valence-corrected chi connectivity index (χ3v) is 2.93. The average Bonchev–Trinajstić information content (AvgIpc) is 2.37. The number of aryl methyl sites for hydroxylation is 2. The highest BCUT2D eigenvalue weighted by Crippen LogP contribution is 2.24. The predicted octanol–water partition coefficient (Wildman–Crippen LogP) is 2.90. The summed E-state index contributed by atoms with van der Waals surface area (Å²) in [6, 6.07) is 7.94. The second-order valence-corrected chi connectivity index (χ2v) is 4.43. The first-order chi connectivity index (χ1) is 8.66. The molecule has 0 spiro atoms. The van der Waals surface area contributed by atoms with E-state index in [4.69, 9.17) is 10.5 Å². The minimum Gasteiger partial charge on any atom is -0.493 e. The van der Waals surface area contributed by atoms with E-state index in [1.54, 1.807) is 6.20 Å². The number of nitrogens with two attached hydrogens (primary N) is 1. The summed E-state index contributed by atoms with van der Waals surface area (Å²) in [7, 11) is 0. The lowest BCUT2D eigenvalue weighted by Gasteiger charge is -2.11. The molecule has 0 atom stereocenters. The summed E-state index contributed by atoms with van der Waals surface area (Å²) in [4.78, 5) is 4.08. The van der Waals surface area contributed by atoms with Gasteiger partial charge in [0.2, 0.25) is 0 Å². The largest absolute Gasteiger partial charge is 0.493 e. The van der Waals surface area contributed by atoms with Gasteiger partial charge in [-0.15, -0.1) is 0 Å². The van der Waals surface area contributed by atoms with Crippen LogP contribution in [0, 0.1) is 13.8 Å². The molecule has 1 aromatic carbocycles. The highest BCUT2D eigenvalue weighted by atomic mass is 16.5. The summed E-state index contributed by atoms with van der Waals surface area (Å²) < 4.78 is 5.79. The molecule has 0 aliphatic carbocycles. The Kier molecular flexibility index (Phi) is 3.82. The first-order valence-corrected chi connectivity index (χ1v) is 6.05. The zero-order chi connectivity index (χ0) is 13.0. The van der Waals surface area contributed by atoms with Gasteiger partial charge in [0, 0.05) is 24.5 Å². The van der Waals surface area contributed by atoms with E-state index in [1.807, 2.05) is 38.2 Å². The van der Waals surface area contributed by atoms with Crippen LogP contribution >= 0.6 is 0 Å². The van der Waals surface area contributed by atoms with Crippen LogP contribution in [0.2, 0.25) is 0 Å². The van der Waals surface area contributed by atoms with E-state index in [0.29, 0.717) is 6.61 Å². The fourth-order valence-corrected chi connectivity index (χ4v) is 1.79. The minimum absolute atomic E-state index is 0.649. The predicted molar refractivity (Wildman–Crippen MR) is 73.8 cm³/mol. The van der Waals surface area contributed by atoms with Crippen molar-refractivity contribution < 1.29 is 4.74 Å². The molecule has 0 fully saturated rings. The zero-order valence-electron chi connectivity index (χ0n) is 10.8. The van der Waals surface area contributed by atoms with Gasteiger partial charge in [0.25, 0.3) is 0 Å². The fourth-order valence-electron chi connectivity index (χ4n) is 1.79. The van der Waals surface area contributed by atoms with Crippen LogP contribution in [0.15, 0.2) is 36.7 Å². The fraction of sp³-hybridized carbons (Fsp3) is 0.267. The first-order valence-electron chi connectivity index (χ1n) is 6.05. The van der Waals surface area contributed by atoms with Gasteiger partial charge >= 0.3 is 0 Å². The molecule has 2 N–H and O–H groups in total. The van der Waals surface area contributed by atoms with Gasteiger partial charge in [0.15, 0.2) is 0 Å². The van der Waals surface area contributed by atoms with Gasteiger partial charge in [0.1, 0.15) is 5.75 Å². The highest BCUT2D eigenvalue weighted by molar-refractivity contribution is 5.53. The second kappa shape index (κ2) is 5.54. The number of hydrogen-bond acceptors (Lipinski definition) is 3. The summed E-state index contributed by atoms with van der Waals surface area (Å²) in [5, 5.41) is 0. The third kappa shape index (κ3) is 3.00. The second-order valence-electron chi connectivity index (χ2n) is 4.43. The Hall–Kier alpha value is -2.03. The summed E-state index contributed by atoms with van der Waals surface area (Å²) in [6.07, 6.45) is 4.50. The van der Waals surface area contributed by atoms with Crippen LogP contribution in [0.3, 0.4) is 0 Å². The maximum Gasteiger partial charge on any atom is 0.122 e. The lowest BCUT2D eigenvalue weighted by atomic mass is 10.1. The smallest absolute Gasteiger partial charge is 0.122 e. The molecular formula is C15H18N2O. The van der Waals surface area contributed by atoms with E-state index in [1.165, 1.54) is 5.56 Å². The molecular weight excluding hydrogens is 224 g/mol. The quantitative estimate of drug-likeness (QED) is 0.839. The van der Waals surface area contributed by atoms with Gasteiger partial charge in [-0.2, -0.15) is 0 Å². The van der Waals surface area contributed by atoms with Crippen LogP contribution < -0.4 is 10.5 Å². The van der Waals surface area contributed by atoms with E-state index in [2.05, 4.69) is 11.1 Å². The summed E-state index contributed by atoms with van der Waals surface area (Å²) >= 11 is 0. The van der Waals surface area contributed by atoms with Crippen LogP contribution in [0.5, 0.6) is 5.75 Å². The van der Waals surface area contributed by atoms with Gasteiger partial charge < -0.3 is 10.5 Å². The van der Waals surface area contributed by atoms with Crippen LogP contribution in [-0.4, -0.2) is 11.6 Å². The highest BCUT2D eigenvalue weighted by Gasteiger charge is 2.03. The number of nitrogen functional groups attached to an aromatic ring is 1. The average molecular weight is 242 g/mol. The Balaban J connectivity index is 1.97. The summed E-state index contributed by atoms with van der Waals surface area (Å²) in [6.45, 7) is 4.65. The van der Waals surface area contributed by atoms with Gasteiger partial charge in [-0.3, -0.25) is 4.98 Å². The molecule has 18 heavy (non-hydrogen) atoms. The van der Waals surface area contributed by atoms with Crippen LogP contribution in [0.25, 0.3) is 0 Å². The van der Waals surface area contributed by atoms with Crippen molar-refractivity contribution in [3.05, 3.63) is 53.3 Å². The number of aromatic nitrogens is 1. The molecule has 2 rings (SSSR count).